The summed E-state index contributed by atoms with van der Waals surface area (Å²) in [5, 5.41) is 0. The fourth-order valence-electron chi connectivity index (χ4n) is 0.724. The maximum atomic E-state index is 11.6. The third kappa shape index (κ3) is 3.46. The van der Waals surface area contributed by atoms with Crippen molar-refractivity contribution in [1.29, 1.82) is 0 Å². The average Bonchev–Trinajstić information content (AvgIpc) is 2.63. The molecule has 2 atom stereocenters. The van der Waals surface area contributed by atoms with Crippen LogP contribution >= 0.6 is 0 Å². The summed E-state index contributed by atoms with van der Waals surface area (Å²) in [6.07, 6.45) is -3.07. The van der Waals surface area contributed by atoms with Crippen LogP contribution in [0.1, 0.15) is 6.92 Å². The number of halogens is 1. The number of hydrogen-bond donors (Lipinski definition) is 0. The minimum absolute atomic E-state index is 0.0486. The molecule has 0 aromatic carbocycles. The summed E-state index contributed by atoms with van der Waals surface area (Å²) in [7, 11) is 0. The van der Waals surface area contributed by atoms with Crippen molar-refractivity contribution in [2.75, 3.05) is 13.2 Å². The van der Waals surface area contributed by atoms with Gasteiger partial charge < -0.3 is 18.9 Å². The van der Waals surface area contributed by atoms with Crippen LogP contribution in [0.2, 0.25) is 0 Å². The molecule has 2 rings (SSSR count). The first-order valence-electron chi connectivity index (χ1n) is 3.89. The van der Waals surface area contributed by atoms with Gasteiger partial charge in [0.25, 0.3) is 6.36 Å². The molecule has 0 spiro atoms. The number of hydrogen-bond acceptors (Lipinski definition) is 6. The Morgan fingerprint density at radius 1 is 1.14 bits per heavy atom. The van der Waals surface area contributed by atoms with E-state index < -0.39 is 18.7 Å². The van der Waals surface area contributed by atoms with Crippen LogP contribution in [0.25, 0.3) is 0 Å². The van der Waals surface area contributed by atoms with Crippen LogP contribution < -0.4 is 0 Å². The quantitative estimate of drug-likeness (QED) is 0.553. The van der Waals surface area contributed by atoms with Gasteiger partial charge in [0.15, 0.2) is 6.61 Å². The van der Waals surface area contributed by atoms with Crippen LogP contribution in [0.4, 0.5) is 14.0 Å². The average molecular weight is 208 g/mol. The van der Waals surface area contributed by atoms with E-state index in [-0.39, 0.29) is 12.7 Å². The van der Waals surface area contributed by atoms with Gasteiger partial charge >= 0.3 is 12.3 Å². The molecule has 80 valence electrons. The van der Waals surface area contributed by atoms with Gasteiger partial charge in [-0.15, -0.1) is 0 Å². The Balaban J connectivity index is 0.000000140. The molecular weight excluding hydrogens is 199 g/mol. The maximum Gasteiger partial charge on any atom is 0.511 e. The molecule has 2 saturated heterocycles. The van der Waals surface area contributed by atoms with Gasteiger partial charge in [0, 0.05) is 0 Å². The molecule has 2 heterocycles. The predicted octanol–water partition coefficient (Wildman–Crippen LogP) is 0.991. The predicted molar refractivity (Wildman–Crippen MR) is 39.2 cm³/mol. The third-order valence-electron chi connectivity index (χ3n) is 1.29. The van der Waals surface area contributed by atoms with Crippen molar-refractivity contribution < 1.29 is 32.9 Å². The van der Waals surface area contributed by atoms with Crippen molar-refractivity contribution in [2.45, 2.75) is 19.4 Å². The van der Waals surface area contributed by atoms with E-state index in [2.05, 4.69) is 18.9 Å². The summed E-state index contributed by atoms with van der Waals surface area (Å²) in [5.41, 5.74) is 0. The molecule has 2 fully saturated rings. The van der Waals surface area contributed by atoms with Crippen LogP contribution in [0.5, 0.6) is 0 Å². The molecule has 14 heavy (non-hydrogen) atoms. The molecular formula is C7H9FO6. The van der Waals surface area contributed by atoms with E-state index in [1.54, 1.807) is 6.92 Å². The molecule has 0 aromatic heterocycles. The summed E-state index contributed by atoms with van der Waals surface area (Å²) in [6, 6.07) is 0. The van der Waals surface area contributed by atoms with Crippen molar-refractivity contribution in [3.63, 3.8) is 0 Å². The highest BCUT2D eigenvalue weighted by molar-refractivity contribution is 5.61. The second-order valence-electron chi connectivity index (χ2n) is 2.58. The molecule has 0 N–H and O–H groups in total. The summed E-state index contributed by atoms with van der Waals surface area (Å²) in [4.78, 5) is 19.8. The summed E-state index contributed by atoms with van der Waals surface area (Å²) in [6.45, 7) is 1.92. The van der Waals surface area contributed by atoms with E-state index in [1.165, 1.54) is 0 Å². The van der Waals surface area contributed by atoms with E-state index in [1.807, 2.05) is 0 Å². The van der Waals surface area contributed by atoms with Crippen molar-refractivity contribution in [3.05, 3.63) is 0 Å². The van der Waals surface area contributed by atoms with Crippen LogP contribution in [-0.2, 0) is 18.9 Å². The number of rotatable bonds is 0. The van der Waals surface area contributed by atoms with Crippen molar-refractivity contribution >= 4 is 12.3 Å². The molecule has 7 heteroatoms. The monoisotopic (exact) mass is 208 g/mol. The highest BCUT2D eigenvalue weighted by atomic mass is 19.1. The van der Waals surface area contributed by atoms with Crippen LogP contribution in [0.15, 0.2) is 0 Å². The van der Waals surface area contributed by atoms with E-state index in [9.17, 15) is 14.0 Å². The molecule has 0 aromatic rings. The fourth-order valence-corrected chi connectivity index (χ4v) is 0.724. The lowest BCUT2D eigenvalue weighted by molar-refractivity contribution is 0.0572. The van der Waals surface area contributed by atoms with Gasteiger partial charge in [-0.2, -0.15) is 4.39 Å². The van der Waals surface area contributed by atoms with Crippen molar-refractivity contribution in [1.82, 2.24) is 0 Å². The van der Waals surface area contributed by atoms with E-state index in [4.69, 9.17) is 0 Å². The lowest BCUT2D eigenvalue weighted by Crippen LogP contribution is -2.01. The Morgan fingerprint density at radius 2 is 1.71 bits per heavy atom. The fraction of sp³-hybridized carbons (Fsp3) is 0.714. The number of carbonyl (C=O) groups excluding carboxylic acids is 2. The smallest absolute Gasteiger partial charge is 0.430 e. The molecule has 2 aliphatic heterocycles. The van der Waals surface area contributed by atoms with Crippen LogP contribution in [0, 0.1) is 0 Å². The highest BCUT2D eigenvalue weighted by Crippen LogP contribution is 2.05. The van der Waals surface area contributed by atoms with Crippen LogP contribution in [0.3, 0.4) is 0 Å². The SMILES string of the molecule is CC1COC(=O)O1.O=C1OCC(F)O1. The lowest BCUT2D eigenvalue weighted by atomic mass is 10.5. The molecule has 6 nitrogen and oxygen atoms in total. The Kier molecular flexibility index (Phi) is 3.49. The van der Waals surface area contributed by atoms with Crippen molar-refractivity contribution in [2.24, 2.45) is 0 Å². The van der Waals surface area contributed by atoms with Gasteiger partial charge in [0.1, 0.15) is 12.7 Å². The summed E-state index contributed by atoms with van der Waals surface area (Å²) in [5.74, 6) is 0. The zero-order valence-corrected chi connectivity index (χ0v) is 7.40. The minimum Gasteiger partial charge on any atom is -0.430 e. The first kappa shape index (κ1) is 10.6. The number of carbonyl (C=O) groups is 2. The van der Waals surface area contributed by atoms with E-state index >= 15 is 0 Å². The van der Waals surface area contributed by atoms with Gasteiger partial charge in [0.2, 0.25) is 0 Å². The molecule has 0 amide bonds. The minimum atomic E-state index is -1.55. The van der Waals surface area contributed by atoms with Gasteiger partial charge in [-0.1, -0.05) is 0 Å². The molecule has 0 saturated carbocycles. The number of ether oxygens (including phenoxy) is 4. The third-order valence-corrected chi connectivity index (χ3v) is 1.29. The molecule has 2 unspecified atom stereocenters. The number of alkyl halides is 1. The molecule has 2 aliphatic rings. The van der Waals surface area contributed by atoms with E-state index in [0.717, 1.165) is 0 Å². The van der Waals surface area contributed by atoms with Crippen LogP contribution in [-0.4, -0.2) is 38.0 Å². The zero-order chi connectivity index (χ0) is 10.6. The lowest BCUT2D eigenvalue weighted by Gasteiger charge is -1.90. The van der Waals surface area contributed by atoms with Gasteiger partial charge in [-0.25, -0.2) is 9.59 Å². The van der Waals surface area contributed by atoms with Crippen molar-refractivity contribution in [3.8, 4) is 0 Å². The Labute approximate surface area is 78.9 Å². The summed E-state index contributed by atoms with van der Waals surface area (Å²) >= 11 is 0. The second-order valence-corrected chi connectivity index (χ2v) is 2.58. The van der Waals surface area contributed by atoms with Gasteiger partial charge in [0.05, 0.1) is 0 Å². The Bertz CT molecular complexity index is 206. The second kappa shape index (κ2) is 4.64. The highest BCUT2D eigenvalue weighted by Gasteiger charge is 2.23. The first-order chi connectivity index (χ1) is 6.58. The van der Waals surface area contributed by atoms with Gasteiger partial charge in [-0.3, -0.25) is 0 Å². The Morgan fingerprint density at radius 3 is 1.86 bits per heavy atom. The maximum absolute atomic E-state index is 11.6. The summed E-state index contributed by atoms with van der Waals surface area (Å²) < 4.78 is 28.4. The Hall–Kier alpha value is -1.53. The normalized spacial score (nSPS) is 29.3. The largest absolute Gasteiger partial charge is 0.511 e. The standard InChI is InChI=1S/C4H6O3.C3H3FO3/c1-3-2-6-4(5)7-3;4-2-1-6-3(5)7-2/h3H,2H2,1H3;2H,1H2. The first-order valence-corrected chi connectivity index (χ1v) is 3.89. The molecule has 0 bridgehead atoms. The van der Waals surface area contributed by atoms with Gasteiger partial charge in [-0.05, 0) is 6.92 Å². The van der Waals surface area contributed by atoms with E-state index in [0.29, 0.717) is 6.61 Å². The number of cyclic esters (lactones) is 4. The zero-order valence-electron chi connectivity index (χ0n) is 7.40. The topological polar surface area (TPSA) is 71.1 Å². The molecule has 0 radical (unpaired) electrons. The molecule has 0 aliphatic carbocycles.